The van der Waals surface area contributed by atoms with E-state index in [9.17, 15) is 9.59 Å². The van der Waals surface area contributed by atoms with Crippen molar-refractivity contribution in [2.45, 2.75) is 25.3 Å². The van der Waals surface area contributed by atoms with E-state index in [4.69, 9.17) is 0 Å². The molecule has 0 aromatic carbocycles. The summed E-state index contributed by atoms with van der Waals surface area (Å²) >= 11 is 0. The van der Waals surface area contributed by atoms with E-state index in [2.05, 4.69) is 20.9 Å². The molecule has 0 unspecified atom stereocenters. The van der Waals surface area contributed by atoms with Gasteiger partial charge in [-0.25, -0.2) is 0 Å². The fraction of sp³-hybridized carbons (Fsp3) is 0.500. The summed E-state index contributed by atoms with van der Waals surface area (Å²) in [7, 11) is 0. The van der Waals surface area contributed by atoms with Crippen molar-refractivity contribution in [1.82, 2.24) is 20.9 Å². The number of amides is 2. The molecule has 6 nitrogen and oxygen atoms in total. The number of nitrogens with zero attached hydrogens (tertiary/aromatic N) is 1. The van der Waals surface area contributed by atoms with Gasteiger partial charge in [0.2, 0.25) is 5.91 Å². The Morgan fingerprint density at radius 3 is 2.64 bits per heavy atom. The highest BCUT2D eigenvalue weighted by molar-refractivity contribution is 5.93. The topological polar surface area (TPSA) is 83.1 Å². The molecule has 1 aliphatic heterocycles. The molecule has 0 saturated carbocycles. The second-order valence-electron chi connectivity index (χ2n) is 4.79. The summed E-state index contributed by atoms with van der Waals surface area (Å²) in [5.74, 6) is -0.163. The number of halogens is 2. The molecule has 124 valence electrons. The quantitative estimate of drug-likeness (QED) is 0.690. The van der Waals surface area contributed by atoms with E-state index in [1.807, 2.05) is 0 Å². The number of hydrogen-bond donors (Lipinski definition) is 3. The molecule has 1 atom stereocenters. The molecule has 0 bridgehead atoms. The summed E-state index contributed by atoms with van der Waals surface area (Å²) in [4.78, 5) is 27.4. The Morgan fingerprint density at radius 2 is 2.00 bits per heavy atom. The summed E-state index contributed by atoms with van der Waals surface area (Å²) in [6.07, 6.45) is 6.23. The molecule has 8 heteroatoms. The number of piperidine rings is 1. The number of aromatic nitrogens is 1. The second kappa shape index (κ2) is 11.2. The monoisotopic (exact) mass is 348 g/mol. The van der Waals surface area contributed by atoms with Crippen molar-refractivity contribution in [3.8, 4) is 0 Å². The largest absolute Gasteiger partial charge is 0.353 e. The van der Waals surface area contributed by atoms with Gasteiger partial charge in [-0.05, 0) is 31.5 Å². The van der Waals surface area contributed by atoms with Crippen molar-refractivity contribution in [1.29, 1.82) is 0 Å². The van der Waals surface area contributed by atoms with Crippen LogP contribution < -0.4 is 16.0 Å². The molecule has 22 heavy (non-hydrogen) atoms. The van der Waals surface area contributed by atoms with Crippen LogP contribution in [0.3, 0.4) is 0 Å². The van der Waals surface area contributed by atoms with E-state index >= 15 is 0 Å². The van der Waals surface area contributed by atoms with Gasteiger partial charge in [-0.3, -0.25) is 14.6 Å². The molecule has 0 radical (unpaired) electrons. The van der Waals surface area contributed by atoms with E-state index in [0.29, 0.717) is 18.7 Å². The van der Waals surface area contributed by atoms with E-state index < -0.39 is 0 Å². The number of rotatable bonds is 5. The van der Waals surface area contributed by atoms with Crippen LogP contribution >= 0.6 is 24.8 Å². The number of carbonyl (C=O) groups excluding carboxylic acids is 2. The van der Waals surface area contributed by atoms with Crippen molar-refractivity contribution in [2.75, 3.05) is 19.6 Å². The van der Waals surface area contributed by atoms with Gasteiger partial charge < -0.3 is 16.0 Å². The van der Waals surface area contributed by atoms with Gasteiger partial charge in [-0.2, -0.15) is 0 Å². The molecular weight excluding hydrogens is 327 g/mol. The third kappa shape index (κ3) is 6.60. The molecule has 2 rings (SSSR count). The molecule has 1 aromatic rings. The maximum atomic E-state index is 11.8. The molecule has 1 saturated heterocycles. The summed E-state index contributed by atoms with van der Waals surface area (Å²) < 4.78 is 0. The Labute approximate surface area is 142 Å². The molecule has 0 aliphatic carbocycles. The SMILES string of the molecule is Cl.Cl.O=C(NCCNC(=O)[C@H]1CCCCN1)c1cccnc1. The standard InChI is InChI=1S/C14H20N4O2.2ClH/c19-13(11-4-3-6-15-10-11)17-8-9-18-14(20)12-5-1-2-7-16-12;;/h3-4,6,10,12,16H,1-2,5,7-9H2,(H,17,19)(H,18,20);2*1H/t12-;;/m1../s1. The van der Waals surface area contributed by atoms with Crippen LogP contribution in [0.2, 0.25) is 0 Å². The lowest BCUT2D eigenvalue weighted by Gasteiger charge is -2.22. The summed E-state index contributed by atoms with van der Waals surface area (Å²) in [5, 5.41) is 8.76. The zero-order valence-corrected chi connectivity index (χ0v) is 13.8. The zero-order chi connectivity index (χ0) is 14.2. The number of carbonyl (C=O) groups is 2. The summed E-state index contributed by atoms with van der Waals surface area (Å²) in [5.41, 5.74) is 0.521. The van der Waals surface area contributed by atoms with Gasteiger partial charge in [0.05, 0.1) is 11.6 Å². The van der Waals surface area contributed by atoms with Gasteiger partial charge in [0, 0.05) is 25.5 Å². The van der Waals surface area contributed by atoms with Crippen LogP contribution in [0, 0.1) is 0 Å². The predicted octanol–water partition coefficient (Wildman–Crippen LogP) is 0.913. The minimum atomic E-state index is -0.178. The molecule has 2 amide bonds. The van der Waals surface area contributed by atoms with Crippen LogP contribution in [0.4, 0.5) is 0 Å². The first-order chi connectivity index (χ1) is 9.77. The maximum Gasteiger partial charge on any atom is 0.252 e. The van der Waals surface area contributed by atoms with Gasteiger partial charge in [-0.1, -0.05) is 6.42 Å². The summed E-state index contributed by atoms with van der Waals surface area (Å²) in [6.45, 7) is 1.74. The molecular formula is C14H22Cl2N4O2. The molecule has 2 heterocycles. The van der Waals surface area contributed by atoms with Gasteiger partial charge >= 0.3 is 0 Å². The van der Waals surface area contributed by atoms with E-state index in [0.717, 1.165) is 25.8 Å². The van der Waals surface area contributed by atoms with Crippen LogP contribution in [0.1, 0.15) is 29.6 Å². The third-order valence-electron chi connectivity index (χ3n) is 3.26. The van der Waals surface area contributed by atoms with Crippen LogP contribution in [-0.2, 0) is 4.79 Å². The van der Waals surface area contributed by atoms with Crippen molar-refractivity contribution in [2.24, 2.45) is 0 Å². The first-order valence-electron chi connectivity index (χ1n) is 6.96. The summed E-state index contributed by atoms with van der Waals surface area (Å²) in [6, 6.07) is 3.33. The van der Waals surface area contributed by atoms with E-state index in [-0.39, 0.29) is 42.7 Å². The van der Waals surface area contributed by atoms with Gasteiger partial charge in [0.25, 0.3) is 5.91 Å². The van der Waals surface area contributed by atoms with E-state index in [1.54, 1.807) is 18.3 Å². The highest BCUT2D eigenvalue weighted by Crippen LogP contribution is 2.06. The fourth-order valence-electron chi connectivity index (χ4n) is 2.16. The Kier molecular flexibility index (Phi) is 10.5. The van der Waals surface area contributed by atoms with Crippen LogP contribution in [0.15, 0.2) is 24.5 Å². The molecule has 1 aromatic heterocycles. The van der Waals surface area contributed by atoms with Gasteiger partial charge in [0.1, 0.15) is 0 Å². The van der Waals surface area contributed by atoms with Crippen molar-refractivity contribution in [3.63, 3.8) is 0 Å². The number of hydrogen-bond acceptors (Lipinski definition) is 4. The van der Waals surface area contributed by atoms with E-state index in [1.165, 1.54) is 6.20 Å². The Bertz CT molecular complexity index is 453. The smallest absolute Gasteiger partial charge is 0.252 e. The van der Waals surface area contributed by atoms with Gasteiger partial charge in [0.15, 0.2) is 0 Å². The second-order valence-corrected chi connectivity index (χ2v) is 4.79. The zero-order valence-electron chi connectivity index (χ0n) is 12.2. The minimum absolute atomic E-state index is 0. The molecule has 1 aliphatic rings. The lowest BCUT2D eigenvalue weighted by Crippen LogP contribution is -2.48. The first kappa shape index (κ1) is 20.6. The number of nitrogens with one attached hydrogen (secondary N) is 3. The van der Waals surface area contributed by atoms with Crippen LogP contribution in [-0.4, -0.2) is 42.5 Å². The third-order valence-corrected chi connectivity index (χ3v) is 3.26. The number of pyridine rings is 1. The highest BCUT2D eigenvalue weighted by Gasteiger charge is 2.19. The van der Waals surface area contributed by atoms with Gasteiger partial charge in [-0.15, -0.1) is 24.8 Å². The normalized spacial score (nSPS) is 16.6. The molecule has 0 spiro atoms. The average molecular weight is 349 g/mol. The maximum absolute atomic E-state index is 11.8. The highest BCUT2D eigenvalue weighted by atomic mass is 35.5. The molecule has 1 fully saturated rings. The van der Waals surface area contributed by atoms with Crippen LogP contribution in [0.5, 0.6) is 0 Å². The lowest BCUT2D eigenvalue weighted by molar-refractivity contribution is -0.123. The first-order valence-corrected chi connectivity index (χ1v) is 6.96. The van der Waals surface area contributed by atoms with Crippen molar-refractivity contribution < 1.29 is 9.59 Å². The van der Waals surface area contributed by atoms with Crippen molar-refractivity contribution in [3.05, 3.63) is 30.1 Å². The molecule has 3 N–H and O–H groups in total. The fourth-order valence-corrected chi connectivity index (χ4v) is 2.16. The average Bonchev–Trinajstić information content (AvgIpc) is 2.53. The Morgan fingerprint density at radius 1 is 1.23 bits per heavy atom. The van der Waals surface area contributed by atoms with Crippen LogP contribution in [0.25, 0.3) is 0 Å². The lowest BCUT2D eigenvalue weighted by atomic mass is 10.0. The minimum Gasteiger partial charge on any atom is -0.353 e. The predicted molar refractivity (Wildman–Crippen MR) is 89.7 cm³/mol. The Balaban J connectivity index is 0.00000220. The Hall–Kier alpha value is -1.37. The van der Waals surface area contributed by atoms with Crippen molar-refractivity contribution >= 4 is 36.6 Å².